The summed E-state index contributed by atoms with van der Waals surface area (Å²) in [4.78, 5) is 25.5. The Morgan fingerprint density at radius 3 is 2.26 bits per heavy atom. The van der Waals surface area contributed by atoms with Crippen LogP contribution < -0.4 is 10.1 Å². The predicted octanol–water partition coefficient (Wildman–Crippen LogP) is 6.31. The van der Waals surface area contributed by atoms with Crippen molar-refractivity contribution in [1.82, 2.24) is 4.90 Å². The van der Waals surface area contributed by atoms with E-state index in [1.165, 1.54) is 4.90 Å². The fourth-order valence-corrected chi connectivity index (χ4v) is 3.64. The molecule has 1 unspecified atom stereocenters. The number of carbonyl (C=O) groups excluding carboxylic acids is 1. The monoisotopic (exact) mass is 560 g/mol. The molecule has 2 aromatic rings. The van der Waals surface area contributed by atoms with Crippen LogP contribution in [0.2, 0.25) is 0 Å². The number of carboxylic acids is 1. The van der Waals surface area contributed by atoms with Crippen molar-refractivity contribution in [2.45, 2.75) is 57.7 Å². The summed E-state index contributed by atoms with van der Waals surface area (Å²) < 4.78 is 74.7. The first-order valence-electron chi connectivity index (χ1n) is 12.5. The lowest BCUT2D eigenvalue weighted by atomic mass is 10.1. The standard InChI is InChI=1S/C27H33F5N2O5/c1-3-38-23(24(35)36)18-20-10-12-21(13-11-20)39-17-16-34(15-7-6-14-26(28,29)27(30,31)32)25(37)33-22-9-5-4-8-19(22)2/h4-5,8-13,23H,3,6-7,14-18H2,1-2H3,(H,33,37)(H,35,36). The lowest BCUT2D eigenvalue weighted by Gasteiger charge is -2.24. The molecule has 2 rings (SSSR count). The number of urea groups is 1. The number of para-hydroxylation sites is 1. The summed E-state index contributed by atoms with van der Waals surface area (Å²) in [5, 5.41) is 11.9. The second-order valence-electron chi connectivity index (χ2n) is 8.87. The van der Waals surface area contributed by atoms with Gasteiger partial charge in [-0.2, -0.15) is 22.0 Å². The Balaban J connectivity index is 1.97. The highest BCUT2D eigenvalue weighted by molar-refractivity contribution is 5.90. The van der Waals surface area contributed by atoms with E-state index >= 15 is 0 Å². The number of hydrogen-bond donors (Lipinski definition) is 2. The zero-order valence-electron chi connectivity index (χ0n) is 21.8. The third-order valence-corrected chi connectivity index (χ3v) is 5.88. The molecule has 7 nitrogen and oxygen atoms in total. The number of carboxylic acid groups (broad SMARTS) is 1. The van der Waals surface area contributed by atoms with Gasteiger partial charge in [0.15, 0.2) is 6.10 Å². The third kappa shape index (κ3) is 10.3. The van der Waals surface area contributed by atoms with E-state index in [1.807, 2.05) is 0 Å². The molecule has 0 saturated carbocycles. The molecule has 1 atom stereocenters. The third-order valence-electron chi connectivity index (χ3n) is 5.88. The molecule has 2 amide bonds. The summed E-state index contributed by atoms with van der Waals surface area (Å²) in [6, 6.07) is 13.1. The van der Waals surface area contributed by atoms with Gasteiger partial charge in [0, 0.05) is 31.7 Å². The van der Waals surface area contributed by atoms with Crippen molar-refractivity contribution in [3.05, 3.63) is 59.7 Å². The quantitative estimate of drug-likeness (QED) is 0.197. The Labute approximate surface area is 223 Å². The number of rotatable bonds is 15. The molecule has 12 heteroatoms. The Bertz CT molecular complexity index is 1060. The van der Waals surface area contributed by atoms with Crippen LogP contribution in [0.1, 0.15) is 37.3 Å². The number of aryl methyl sites for hydroxylation is 1. The molecule has 0 bridgehead atoms. The first-order valence-corrected chi connectivity index (χ1v) is 12.5. The highest BCUT2D eigenvalue weighted by Crippen LogP contribution is 2.39. The van der Waals surface area contributed by atoms with Crippen molar-refractivity contribution < 1.29 is 46.1 Å². The van der Waals surface area contributed by atoms with Crippen LogP contribution in [-0.2, 0) is 16.0 Å². The van der Waals surface area contributed by atoms with E-state index in [0.717, 1.165) is 11.1 Å². The van der Waals surface area contributed by atoms with Gasteiger partial charge in [-0.1, -0.05) is 30.3 Å². The van der Waals surface area contributed by atoms with Gasteiger partial charge >= 0.3 is 24.1 Å². The van der Waals surface area contributed by atoms with Gasteiger partial charge in [0.2, 0.25) is 0 Å². The molecule has 0 heterocycles. The number of nitrogens with one attached hydrogen (secondary N) is 1. The summed E-state index contributed by atoms with van der Waals surface area (Å²) in [6.45, 7) is 3.77. The number of ether oxygens (including phenoxy) is 2. The number of anilines is 1. The first kappa shape index (κ1) is 31.8. The van der Waals surface area contributed by atoms with Crippen LogP contribution in [0.4, 0.5) is 32.4 Å². The number of halogens is 5. The molecule has 0 aliphatic rings. The van der Waals surface area contributed by atoms with Gasteiger partial charge in [0.05, 0.1) is 6.54 Å². The van der Waals surface area contributed by atoms with Crippen molar-refractivity contribution >= 4 is 17.7 Å². The summed E-state index contributed by atoms with van der Waals surface area (Å²) in [5.74, 6) is -5.40. The number of amides is 2. The summed E-state index contributed by atoms with van der Waals surface area (Å²) in [5.41, 5.74) is 2.05. The van der Waals surface area contributed by atoms with Gasteiger partial charge in [-0.05, 0) is 56.0 Å². The summed E-state index contributed by atoms with van der Waals surface area (Å²) in [7, 11) is 0. The maximum absolute atomic E-state index is 13.2. The number of hydrogen-bond acceptors (Lipinski definition) is 4. The molecule has 0 aliphatic carbocycles. The molecule has 2 N–H and O–H groups in total. The van der Waals surface area contributed by atoms with E-state index in [2.05, 4.69) is 5.32 Å². The molecule has 0 aliphatic heterocycles. The largest absolute Gasteiger partial charge is 0.492 e. The Kier molecular flexibility index (Phi) is 12.0. The van der Waals surface area contributed by atoms with Crippen molar-refractivity contribution in [3.63, 3.8) is 0 Å². The van der Waals surface area contributed by atoms with Crippen molar-refractivity contribution in [1.29, 1.82) is 0 Å². The van der Waals surface area contributed by atoms with E-state index in [-0.39, 0.29) is 39.1 Å². The number of unbranched alkanes of at least 4 members (excludes halogenated alkanes) is 1. The fourth-order valence-electron chi connectivity index (χ4n) is 3.64. The maximum atomic E-state index is 13.2. The minimum Gasteiger partial charge on any atom is -0.492 e. The van der Waals surface area contributed by atoms with Crippen LogP contribution in [0.15, 0.2) is 48.5 Å². The SMILES string of the molecule is CCOC(Cc1ccc(OCCN(CCCCC(F)(F)C(F)(F)F)C(=O)Nc2ccccc2C)cc1)C(=O)O. The molecule has 0 aromatic heterocycles. The highest BCUT2D eigenvalue weighted by atomic mass is 19.4. The van der Waals surface area contributed by atoms with E-state index in [0.29, 0.717) is 11.4 Å². The number of carbonyl (C=O) groups is 2. The van der Waals surface area contributed by atoms with Gasteiger partial charge < -0.3 is 24.8 Å². The van der Waals surface area contributed by atoms with Crippen LogP contribution in [-0.4, -0.2) is 66.5 Å². The smallest absolute Gasteiger partial charge is 0.453 e. The van der Waals surface area contributed by atoms with Gasteiger partial charge in [-0.3, -0.25) is 0 Å². The number of alkyl halides is 5. The van der Waals surface area contributed by atoms with E-state index < -0.39 is 43.0 Å². The number of nitrogens with zero attached hydrogens (tertiary/aromatic N) is 1. The van der Waals surface area contributed by atoms with Crippen LogP contribution >= 0.6 is 0 Å². The molecule has 0 fully saturated rings. The first-order chi connectivity index (χ1) is 18.3. The maximum Gasteiger partial charge on any atom is 0.453 e. The second-order valence-corrected chi connectivity index (χ2v) is 8.87. The molecular formula is C27H33F5N2O5. The van der Waals surface area contributed by atoms with Crippen molar-refractivity contribution in [2.24, 2.45) is 0 Å². The molecule has 0 saturated heterocycles. The van der Waals surface area contributed by atoms with E-state index in [4.69, 9.17) is 9.47 Å². The summed E-state index contributed by atoms with van der Waals surface area (Å²) in [6.07, 6.45) is -8.27. The molecule has 2 aromatic carbocycles. The lowest BCUT2D eigenvalue weighted by Crippen LogP contribution is -2.39. The minimum absolute atomic E-state index is 0.0238. The molecule has 39 heavy (non-hydrogen) atoms. The normalized spacial score (nSPS) is 12.6. The minimum atomic E-state index is -5.62. The molecular weight excluding hydrogens is 527 g/mol. The van der Waals surface area contributed by atoms with Crippen LogP contribution in [0.3, 0.4) is 0 Å². The lowest BCUT2D eigenvalue weighted by molar-refractivity contribution is -0.284. The Morgan fingerprint density at radius 2 is 1.67 bits per heavy atom. The number of aliphatic carboxylic acids is 1. The zero-order valence-corrected chi connectivity index (χ0v) is 21.8. The second kappa shape index (κ2) is 14.7. The molecule has 0 radical (unpaired) electrons. The van der Waals surface area contributed by atoms with Crippen LogP contribution in [0.5, 0.6) is 5.75 Å². The molecule has 0 spiro atoms. The van der Waals surface area contributed by atoms with Gasteiger partial charge in [0.25, 0.3) is 0 Å². The predicted molar refractivity (Wildman–Crippen MR) is 135 cm³/mol. The summed E-state index contributed by atoms with van der Waals surface area (Å²) >= 11 is 0. The average molecular weight is 561 g/mol. The molecule has 216 valence electrons. The number of benzene rings is 2. The van der Waals surface area contributed by atoms with Gasteiger partial charge in [-0.15, -0.1) is 0 Å². The van der Waals surface area contributed by atoms with E-state index in [9.17, 15) is 36.6 Å². The zero-order chi connectivity index (χ0) is 29.1. The van der Waals surface area contributed by atoms with Crippen LogP contribution in [0, 0.1) is 6.92 Å². The van der Waals surface area contributed by atoms with Gasteiger partial charge in [-0.25, -0.2) is 9.59 Å². The highest BCUT2D eigenvalue weighted by Gasteiger charge is 2.56. The topological polar surface area (TPSA) is 88.1 Å². The Hall–Kier alpha value is -3.41. The van der Waals surface area contributed by atoms with Crippen molar-refractivity contribution in [2.75, 3.05) is 31.6 Å². The van der Waals surface area contributed by atoms with Crippen molar-refractivity contribution in [3.8, 4) is 5.75 Å². The Morgan fingerprint density at radius 1 is 1.00 bits per heavy atom. The van der Waals surface area contributed by atoms with Crippen LogP contribution in [0.25, 0.3) is 0 Å². The van der Waals surface area contributed by atoms with E-state index in [1.54, 1.807) is 62.4 Å². The van der Waals surface area contributed by atoms with Gasteiger partial charge in [0.1, 0.15) is 12.4 Å². The average Bonchev–Trinajstić information content (AvgIpc) is 2.86. The fraction of sp³-hybridized carbons (Fsp3) is 0.481.